The zero-order valence-corrected chi connectivity index (χ0v) is 15.3. The first-order valence-electron chi connectivity index (χ1n) is 6.79. The third-order valence-corrected chi connectivity index (χ3v) is 7.38. The predicted octanol–water partition coefficient (Wildman–Crippen LogP) is 5.07. The molecule has 0 aliphatic carbocycles. The second-order valence-corrected chi connectivity index (χ2v) is 9.21. The Labute approximate surface area is 155 Å². The molecule has 11 heteroatoms. The predicted molar refractivity (Wildman–Crippen MR) is 92.6 cm³/mol. The SMILES string of the molecule is O=S1(=O)CCC(=NNc2c(Cl)cc(C(F)(F)F)cc2Cl)c2ccsc21. The van der Waals surface area contributed by atoms with Crippen molar-refractivity contribution < 1.29 is 21.6 Å². The van der Waals surface area contributed by atoms with Gasteiger partial charge in [-0.3, -0.25) is 5.43 Å². The highest BCUT2D eigenvalue weighted by molar-refractivity contribution is 7.93. The molecule has 1 N–H and O–H groups in total. The summed E-state index contributed by atoms with van der Waals surface area (Å²) in [7, 11) is -3.32. The van der Waals surface area contributed by atoms with E-state index in [1.165, 1.54) is 0 Å². The molecule has 1 aromatic carbocycles. The van der Waals surface area contributed by atoms with Gasteiger partial charge in [-0.25, -0.2) is 8.42 Å². The van der Waals surface area contributed by atoms with Crippen LogP contribution in [0.1, 0.15) is 17.5 Å². The van der Waals surface area contributed by atoms with Crippen LogP contribution in [0.4, 0.5) is 18.9 Å². The average Bonchev–Trinajstić information content (AvgIpc) is 2.98. The third-order valence-electron chi connectivity index (χ3n) is 3.50. The van der Waals surface area contributed by atoms with Gasteiger partial charge >= 0.3 is 6.18 Å². The molecule has 0 saturated carbocycles. The minimum Gasteiger partial charge on any atom is -0.275 e. The van der Waals surface area contributed by atoms with E-state index >= 15 is 0 Å². The third kappa shape index (κ3) is 3.64. The van der Waals surface area contributed by atoms with Crippen molar-refractivity contribution >= 4 is 55.8 Å². The second kappa shape index (κ2) is 6.46. The molecule has 0 atom stereocenters. The molecule has 1 aromatic heterocycles. The summed E-state index contributed by atoms with van der Waals surface area (Å²) in [6.07, 6.45) is -4.39. The first kappa shape index (κ1) is 18.5. The highest BCUT2D eigenvalue weighted by Gasteiger charge is 2.32. The van der Waals surface area contributed by atoms with Crippen molar-refractivity contribution in [1.82, 2.24) is 0 Å². The van der Waals surface area contributed by atoms with E-state index in [4.69, 9.17) is 23.2 Å². The van der Waals surface area contributed by atoms with Crippen molar-refractivity contribution in [2.24, 2.45) is 5.10 Å². The Hall–Kier alpha value is -1.29. The molecule has 25 heavy (non-hydrogen) atoms. The van der Waals surface area contributed by atoms with Crippen LogP contribution in [0.15, 0.2) is 32.9 Å². The molecule has 134 valence electrons. The number of rotatable bonds is 2. The molecule has 0 spiro atoms. The Morgan fingerprint density at radius 2 is 1.84 bits per heavy atom. The lowest BCUT2D eigenvalue weighted by Gasteiger charge is -2.16. The molecule has 0 amide bonds. The van der Waals surface area contributed by atoms with Crippen LogP contribution in [0, 0.1) is 0 Å². The van der Waals surface area contributed by atoms with Crippen LogP contribution in [0.3, 0.4) is 0 Å². The largest absolute Gasteiger partial charge is 0.416 e. The second-order valence-electron chi connectivity index (χ2n) is 5.17. The van der Waals surface area contributed by atoms with Gasteiger partial charge in [-0.2, -0.15) is 18.3 Å². The van der Waals surface area contributed by atoms with Crippen LogP contribution in [0.2, 0.25) is 10.0 Å². The number of anilines is 1. The summed E-state index contributed by atoms with van der Waals surface area (Å²) in [6.45, 7) is 0. The number of nitrogens with zero attached hydrogens (tertiary/aromatic N) is 1. The maximum absolute atomic E-state index is 12.7. The Morgan fingerprint density at radius 3 is 2.44 bits per heavy atom. The molecule has 1 aliphatic rings. The number of thiophene rings is 1. The highest BCUT2D eigenvalue weighted by atomic mass is 35.5. The maximum atomic E-state index is 12.7. The van der Waals surface area contributed by atoms with E-state index in [0.717, 1.165) is 23.5 Å². The van der Waals surface area contributed by atoms with Gasteiger partial charge in [0, 0.05) is 12.0 Å². The summed E-state index contributed by atoms with van der Waals surface area (Å²) in [6, 6.07) is 3.13. The lowest BCUT2D eigenvalue weighted by Crippen LogP contribution is -2.20. The summed E-state index contributed by atoms with van der Waals surface area (Å²) in [5.41, 5.74) is 2.55. The zero-order valence-electron chi connectivity index (χ0n) is 12.2. The van der Waals surface area contributed by atoms with Gasteiger partial charge in [0.15, 0.2) is 9.84 Å². The van der Waals surface area contributed by atoms with Gasteiger partial charge < -0.3 is 0 Å². The molecule has 0 radical (unpaired) electrons. The lowest BCUT2D eigenvalue weighted by molar-refractivity contribution is -0.137. The van der Waals surface area contributed by atoms with E-state index in [0.29, 0.717) is 11.3 Å². The van der Waals surface area contributed by atoms with E-state index in [9.17, 15) is 21.6 Å². The minimum atomic E-state index is -4.57. The highest BCUT2D eigenvalue weighted by Crippen LogP contribution is 2.39. The van der Waals surface area contributed by atoms with Gasteiger partial charge in [-0.15, -0.1) is 11.3 Å². The number of hydrogen-bond donors (Lipinski definition) is 1. The standard InChI is InChI=1S/C14H9Cl2F3N2O2S2/c15-9-5-7(14(17,18)19)6-10(16)12(9)21-20-11-2-4-25(22,23)13-8(11)1-3-24-13/h1,3,5-6,21H,2,4H2. The van der Waals surface area contributed by atoms with Crippen LogP contribution in [0.25, 0.3) is 0 Å². The molecule has 3 rings (SSSR count). The first-order valence-corrected chi connectivity index (χ1v) is 10.1. The molecular weight excluding hydrogens is 420 g/mol. The number of benzene rings is 1. The van der Waals surface area contributed by atoms with E-state index < -0.39 is 21.6 Å². The fourth-order valence-electron chi connectivity index (χ4n) is 2.29. The smallest absolute Gasteiger partial charge is 0.275 e. The monoisotopic (exact) mass is 428 g/mol. The van der Waals surface area contributed by atoms with Crippen LogP contribution in [-0.4, -0.2) is 19.9 Å². The van der Waals surface area contributed by atoms with Gasteiger partial charge in [0.2, 0.25) is 0 Å². The molecule has 0 saturated heterocycles. The number of hydrogen-bond acceptors (Lipinski definition) is 5. The molecule has 0 bridgehead atoms. The quantitative estimate of drug-likeness (QED) is 0.679. The van der Waals surface area contributed by atoms with E-state index in [2.05, 4.69) is 10.5 Å². The van der Waals surface area contributed by atoms with E-state index in [1.807, 2.05) is 0 Å². The lowest BCUT2D eigenvalue weighted by atomic mass is 10.1. The van der Waals surface area contributed by atoms with Crippen molar-refractivity contribution in [1.29, 1.82) is 0 Å². The fourth-order valence-corrected chi connectivity index (χ4v) is 5.68. The van der Waals surface area contributed by atoms with Crippen molar-refractivity contribution in [3.63, 3.8) is 0 Å². The van der Waals surface area contributed by atoms with Crippen LogP contribution in [0.5, 0.6) is 0 Å². The summed E-state index contributed by atoms with van der Waals surface area (Å²) in [5.74, 6) is -0.0878. The van der Waals surface area contributed by atoms with E-state index in [-0.39, 0.29) is 32.1 Å². The Bertz CT molecular complexity index is 946. The van der Waals surface area contributed by atoms with Gasteiger partial charge in [-0.05, 0) is 23.6 Å². The first-order chi connectivity index (χ1) is 11.6. The molecular formula is C14H9Cl2F3N2O2S2. The zero-order chi connectivity index (χ0) is 18.4. The van der Waals surface area contributed by atoms with Crippen molar-refractivity contribution in [3.8, 4) is 0 Å². The molecule has 4 nitrogen and oxygen atoms in total. The van der Waals surface area contributed by atoms with Crippen LogP contribution in [-0.2, 0) is 16.0 Å². The molecule has 1 aliphatic heterocycles. The molecule has 0 fully saturated rings. The molecule has 0 unspecified atom stereocenters. The summed E-state index contributed by atoms with van der Waals surface area (Å²) in [5, 5.41) is 5.27. The van der Waals surface area contributed by atoms with Gasteiger partial charge in [0.1, 0.15) is 4.21 Å². The van der Waals surface area contributed by atoms with Crippen molar-refractivity contribution in [2.75, 3.05) is 11.2 Å². The van der Waals surface area contributed by atoms with Crippen molar-refractivity contribution in [2.45, 2.75) is 16.8 Å². The van der Waals surface area contributed by atoms with E-state index in [1.54, 1.807) is 11.4 Å². The number of alkyl halides is 3. The van der Waals surface area contributed by atoms with Crippen molar-refractivity contribution in [3.05, 3.63) is 44.8 Å². The van der Waals surface area contributed by atoms with Gasteiger partial charge in [0.05, 0.1) is 32.8 Å². The number of fused-ring (bicyclic) bond motifs is 1. The fraction of sp³-hybridized carbons (Fsp3) is 0.214. The van der Waals surface area contributed by atoms with Crippen LogP contribution < -0.4 is 5.43 Å². The Kier molecular flexibility index (Phi) is 4.78. The Balaban J connectivity index is 1.94. The summed E-state index contributed by atoms with van der Waals surface area (Å²) >= 11 is 12.8. The van der Waals surface area contributed by atoms with Gasteiger partial charge in [-0.1, -0.05) is 23.2 Å². The number of nitrogens with one attached hydrogen (secondary N) is 1. The molecule has 2 aromatic rings. The number of sulfone groups is 1. The maximum Gasteiger partial charge on any atom is 0.416 e. The van der Waals surface area contributed by atoms with Gasteiger partial charge in [0.25, 0.3) is 0 Å². The van der Waals surface area contributed by atoms with Crippen LogP contribution >= 0.6 is 34.5 Å². The summed E-state index contributed by atoms with van der Waals surface area (Å²) in [4.78, 5) is 0. The normalized spacial score (nSPS) is 18.2. The summed E-state index contributed by atoms with van der Waals surface area (Å²) < 4.78 is 62.4. The number of halogens is 5. The Morgan fingerprint density at radius 1 is 1.20 bits per heavy atom. The average molecular weight is 429 g/mol. The number of hydrazone groups is 1. The minimum absolute atomic E-state index is 0.0223. The topological polar surface area (TPSA) is 58.5 Å². The molecule has 2 heterocycles.